The molecule has 168 valence electrons. The number of hydrogen-bond donors (Lipinski definition) is 1. The van der Waals surface area contributed by atoms with Crippen LogP contribution >= 0.6 is 0 Å². The zero-order chi connectivity index (χ0) is 22.3. The van der Waals surface area contributed by atoms with Crippen molar-refractivity contribution in [1.29, 1.82) is 0 Å². The molecule has 32 heavy (non-hydrogen) atoms. The fourth-order valence-corrected chi connectivity index (χ4v) is 5.30. The Bertz CT molecular complexity index is 1210. The first-order chi connectivity index (χ1) is 15.2. The lowest BCUT2D eigenvalue weighted by Gasteiger charge is -2.30. The van der Waals surface area contributed by atoms with E-state index in [9.17, 15) is 8.78 Å². The van der Waals surface area contributed by atoms with Gasteiger partial charge in [-0.2, -0.15) is 0 Å². The van der Waals surface area contributed by atoms with Crippen LogP contribution in [0.25, 0.3) is 22.6 Å². The van der Waals surface area contributed by atoms with E-state index in [1.54, 1.807) is 12.4 Å². The van der Waals surface area contributed by atoms with Crippen molar-refractivity contribution in [2.75, 3.05) is 30.3 Å². The van der Waals surface area contributed by atoms with Gasteiger partial charge in [-0.05, 0) is 26.2 Å². The largest absolute Gasteiger partial charge is 0.368 e. The van der Waals surface area contributed by atoms with Crippen LogP contribution in [0.3, 0.4) is 0 Å². The summed E-state index contributed by atoms with van der Waals surface area (Å²) in [4.78, 5) is 24.5. The fraction of sp³-hybridized carbons (Fsp3) is 0.571. The van der Waals surface area contributed by atoms with Gasteiger partial charge in [0.2, 0.25) is 5.95 Å². The zero-order valence-electron chi connectivity index (χ0n) is 17.9. The highest BCUT2D eigenvalue weighted by atomic mass is 19.3. The van der Waals surface area contributed by atoms with Crippen molar-refractivity contribution in [3.05, 3.63) is 18.2 Å². The molecule has 2 fully saturated rings. The summed E-state index contributed by atoms with van der Waals surface area (Å²) >= 11 is 0. The Morgan fingerprint density at radius 1 is 1.12 bits per heavy atom. The lowest BCUT2D eigenvalue weighted by molar-refractivity contribution is -0.0530. The average molecular weight is 442 g/mol. The summed E-state index contributed by atoms with van der Waals surface area (Å²) in [5, 5.41) is 0. The Labute approximate surface area is 183 Å². The maximum absolute atomic E-state index is 14.4. The SMILES string of the molecule is CC1(C)OCCn2c1nc1c(N3C[C@H]4CCC(F)(F)[C@H]4C3)nc(-c3cnc(N)nc3)nc12. The van der Waals surface area contributed by atoms with Gasteiger partial charge in [-0.3, -0.25) is 0 Å². The Kier molecular flexibility index (Phi) is 4.02. The lowest BCUT2D eigenvalue weighted by atomic mass is 9.99. The first-order valence-electron chi connectivity index (χ1n) is 10.9. The summed E-state index contributed by atoms with van der Waals surface area (Å²) in [5.74, 6) is -1.44. The molecule has 2 aliphatic heterocycles. The first-order valence-corrected chi connectivity index (χ1v) is 10.9. The molecule has 0 radical (unpaired) electrons. The maximum atomic E-state index is 14.4. The van der Waals surface area contributed by atoms with Crippen LogP contribution in [0.2, 0.25) is 0 Å². The van der Waals surface area contributed by atoms with Gasteiger partial charge in [-0.15, -0.1) is 0 Å². The van der Waals surface area contributed by atoms with Gasteiger partial charge < -0.3 is 19.9 Å². The molecule has 2 atom stereocenters. The van der Waals surface area contributed by atoms with Gasteiger partial charge in [-0.1, -0.05) is 0 Å². The number of nitrogens with zero attached hydrogens (tertiary/aromatic N) is 7. The fourth-order valence-electron chi connectivity index (χ4n) is 5.30. The third kappa shape index (κ3) is 2.86. The summed E-state index contributed by atoms with van der Waals surface area (Å²) < 4.78 is 36.9. The van der Waals surface area contributed by atoms with E-state index in [1.807, 2.05) is 23.3 Å². The number of nitrogen functional groups attached to an aromatic ring is 1. The Morgan fingerprint density at radius 3 is 2.66 bits per heavy atom. The minimum Gasteiger partial charge on any atom is -0.368 e. The van der Waals surface area contributed by atoms with Crippen LogP contribution in [0.5, 0.6) is 0 Å². The molecule has 0 aromatic carbocycles. The van der Waals surface area contributed by atoms with Gasteiger partial charge in [0.1, 0.15) is 11.4 Å². The van der Waals surface area contributed by atoms with Crippen molar-refractivity contribution in [3.63, 3.8) is 0 Å². The normalized spacial score (nSPS) is 25.8. The number of imidazole rings is 1. The minimum atomic E-state index is -2.64. The van der Waals surface area contributed by atoms with Gasteiger partial charge in [0.15, 0.2) is 22.8 Å². The van der Waals surface area contributed by atoms with Crippen LogP contribution in [0.4, 0.5) is 20.5 Å². The van der Waals surface area contributed by atoms with E-state index in [2.05, 4.69) is 9.97 Å². The molecule has 0 unspecified atom stereocenters. The maximum Gasteiger partial charge on any atom is 0.252 e. The van der Waals surface area contributed by atoms with Gasteiger partial charge in [0, 0.05) is 44.4 Å². The van der Waals surface area contributed by atoms with Gasteiger partial charge in [0.05, 0.1) is 12.2 Å². The topological polar surface area (TPSA) is 108 Å². The molecule has 0 spiro atoms. The number of rotatable bonds is 2. The minimum absolute atomic E-state index is 0.0340. The summed E-state index contributed by atoms with van der Waals surface area (Å²) in [6, 6.07) is 0. The van der Waals surface area contributed by atoms with Crippen molar-refractivity contribution >= 4 is 22.9 Å². The molecular weight excluding hydrogens is 418 g/mol. The number of ether oxygens (including phenoxy) is 1. The molecule has 1 saturated carbocycles. The van der Waals surface area contributed by atoms with Crippen molar-refractivity contribution in [1.82, 2.24) is 29.5 Å². The van der Waals surface area contributed by atoms with Crippen molar-refractivity contribution in [3.8, 4) is 11.4 Å². The number of halogens is 2. The standard InChI is InChI=1S/C21H24F2N8O/c1-20(2)18-27-14-16(30-9-11-3-4-21(22,23)13(11)10-30)28-15(12-7-25-19(24)26-8-12)29-17(14)31(18)5-6-32-20/h7-8,11,13H,3-6,9-10H2,1-2H3,(H2,24,25,26)/t11-,13+/m1/s1. The number of alkyl halides is 2. The van der Waals surface area contributed by atoms with Crippen molar-refractivity contribution < 1.29 is 13.5 Å². The predicted molar refractivity (Wildman–Crippen MR) is 113 cm³/mol. The highest BCUT2D eigenvalue weighted by Gasteiger charge is 2.54. The Balaban J connectivity index is 1.53. The lowest BCUT2D eigenvalue weighted by Crippen LogP contribution is -2.33. The third-order valence-electron chi connectivity index (χ3n) is 6.95. The summed E-state index contributed by atoms with van der Waals surface area (Å²) in [6.45, 7) is 5.85. The quantitative estimate of drug-likeness (QED) is 0.645. The van der Waals surface area contributed by atoms with Crippen LogP contribution in [-0.4, -0.2) is 55.1 Å². The van der Waals surface area contributed by atoms with E-state index in [4.69, 9.17) is 25.4 Å². The average Bonchev–Trinajstić information content (AvgIpc) is 3.42. The van der Waals surface area contributed by atoms with Gasteiger partial charge in [-0.25, -0.2) is 33.7 Å². The molecule has 11 heteroatoms. The van der Waals surface area contributed by atoms with E-state index >= 15 is 0 Å². The molecular formula is C21H24F2N8O. The molecule has 2 N–H and O–H groups in total. The van der Waals surface area contributed by atoms with Crippen LogP contribution in [-0.2, 0) is 16.9 Å². The smallest absolute Gasteiger partial charge is 0.252 e. The van der Waals surface area contributed by atoms with E-state index < -0.39 is 17.4 Å². The van der Waals surface area contributed by atoms with Gasteiger partial charge in [0.25, 0.3) is 5.92 Å². The van der Waals surface area contributed by atoms with E-state index in [0.717, 1.165) is 5.82 Å². The van der Waals surface area contributed by atoms with Crippen LogP contribution in [0.15, 0.2) is 12.4 Å². The number of nitrogens with two attached hydrogens (primary N) is 1. The van der Waals surface area contributed by atoms with Crippen LogP contribution in [0, 0.1) is 11.8 Å². The van der Waals surface area contributed by atoms with Gasteiger partial charge >= 0.3 is 0 Å². The summed E-state index contributed by atoms with van der Waals surface area (Å²) in [7, 11) is 0. The monoisotopic (exact) mass is 442 g/mol. The van der Waals surface area contributed by atoms with E-state index in [-0.39, 0.29) is 24.8 Å². The number of fused-ring (bicyclic) bond motifs is 4. The van der Waals surface area contributed by atoms with Crippen LogP contribution in [0.1, 0.15) is 32.5 Å². The second-order valence-corrected chi connectivity index (χ2v) is 9.39. The second kappa shape index (κ2) is 6.53. The predicted octanol–water partition coefficient (Wildman–Crippen LogP) is 2.61. The first kappa shape index (κ1) is 19.7. The number of aromatic nitrogens is 6. The van der Waals surface area contributed by atoms with Crippen LogP contribution < -0.4 is 10.6 Å². The van der Waals surface area contributed by atoms with Crippen molar-refractivity contribution in [2.45, 2.75) is 44.8 Å². The molecule has 3 aromatic rings. The zero-order valence-corrected chi connectivity index (χ0v) is 17.9. The molecule has 3 aromatic heterocycles. The Morgan fingerprint density at radius 2 is 1.91 bits per heavy atom. The summed E-state index contributed by atoms with van der Waals surface area (Å²) in [6.07, 6.45) is 3.64. The number of anilines is 2. The molecule has 1 saturated heterocycles. The molecule has 1 aliphatic carbocycles. The number of hydrogen-bond acceptors (Lipinski definition) is 8. The van der Waals surface area contributed by atoms with Crippen molar-refractivity contribution in [2.24, 2.45) is 11.8 Å². The molecule has 9 nitrogen and oxygen atoms in total. The Hall–Kier alpha value is -2.95. The molecule has 0 amide bonds. The molecule has 3 aliphatic rings. The molecule has 6 rings (SSSR count). The molecule has 0 bridgehead atoms. The third-order valence-corrected chi connectivity index (χ3v) is 6.95. The highest BCUT2D eigenvalue weighted by Crippen LogP contribution is 2.49. The molecule has 5 heterocycles. The highest BCUT2D eigenvalue weighted by molar-refractivity contribution is 5.86. The summed E-state index contributed by atoms with van der Waals surface area (Å²) in [5.41, 5.74) is 6.93. The van der Waals surface area contributed by atoms with E-state index in [1.165, 1.54) is 0 Å². The second-order valence-electron chi connectivity index (χ2n) is 9.39. The van der Waals surface area contributed by atoms with E-state index in [0.29, 0.717) is 54.5 Å².